The zero-order valence-electron chi connectivity index (χ0n) is 16.6. The van der Waals surface area contributed by atoms with E-state index in [0.717, 1.165) is 22.3 Å². The van der Waals surface area contributed by atoms with E-state index in [1.165, 1.54) is 0 Å². The average molecular weight is 400 g/mol. The van der Waals surface area contributed by atoms with E-state index in [0.29, 0.717) is 25.4 Å². The summed E-state index contributed by atoms with van der Waals surface area (Å²) in [5.74, 6) is -0.734. The fourth-order valence-corrected chi connectivity index (χ4v) is 3.65. The van der Waals surface area contributed by atoms with E-state index in [9.17, 15) is 9.59 Å². The number of anilines is 1. The first-order valence-electron chi connectivity index (χ1n) is 10.0. The number of rotatable bonds is 7. The highest BCUT2D eigenvalue weighted by Crippen LogP contribution is 2.32. The van der Waals surface area contributed by atoms with Gasteiger partial charge in [-0.2, -0.15) is 0 Å². The molecule has 2 amide bonds. The van der Waals surface area contributed by atoms with Crippen molar-refractivity contribution in [2.75, 3.05) is 5.32 Å². The van der Waals surface area contributed by atoms with Crippen molar-refractivity contribution in [3.05, 3.63) is 101 Å². The average Bonchev–Trinajstić information content (AvgIpc) is 2.78. The highest BCUT2D eigenvalue weighted by Gasteiger charge is 2.30. The summed E-state index contributed by atoms with van der Waals surface area (Å²) in [7, 11) is 0. The Morgan fingerprint density at radius 1 is 0.900 bits per heavy atom. The van der Waals surface area contributed by atoms with Gasteiger partial charge >= 0.3 is 0 Å². The highest BCUT2D eigenvalue weighted by molar-refractivity contribution is 6.01. The summed E-state index contributed by atoms with van der Waals surface area (Å²) in [4.78, 5) is 24.7. The molecule has 4 rings (SSSR count). The van der Waals surface area contributed by atoms with Crippen LogP contribution in [-0.4, -0.2) is 11.8 Å². The van der Waals surface area contributed by atoms with Gasteiger partial charge in [0.2, 0.25) is 11.8 Å². The van der Waals surface area contributed by atoms with E-state index < -0.39 is 5.92 Å². The van der Waals surface area contributed by atoms with Crippen LogP contribution in [-0.2, 0) is 34.1 Å². The molecule has 30 heavy (non-hydrogen) atoms. The summed E-state index contributed by atoms with van der Waals surface area (Å²) in [5.41, 5.74) is 4.76. The van der Waals surface area contributed by atoms with Crippen molar-refractivity contribution in [3.63, 3.8) is 0 Å². The van der Waals surface area contributed by atoms with Crippen molar-refractivity contribution in [1.82, 2.24) is 5.32 Å². The molecule has 0 saturated carbocycles. The Hall–Kier alpha value is -3.44. The quantitative estimate of drug-likeness (QED) is 0.626. The molecule has 5 nitrogen and oxygen atoms in total. The third kappa shape index (κ3) is 4.93. The van der Waals surface area contributed by atoms with Crippen LogP contribution in [0.5, 0.6) is 0 Å². The van der Waals surface area contributed by atoms with Gasteiger partial charge in [-0.05, 0) is 28.3 Å². The van der Waals surface area contributed by atoms with Crippen molar-refractivity contribution in [2.45, 2.75) is 32.1 Å². The van der Waals surface area contributed by atoms with Crippen molar-refractivity contribution in [2.24, 2.45) is 0 Å². The molecular formula is C25H24N2O3. The molecule has 1 atom stereocenters. The fourth-order valence-electron chi connectivity index (χ4n) is 3.65. The number of fused-ring (bicyclic) bond motifs is 1. The molecule has 0 fully saturated rings. The Bertz CT molecular complexity index is 1030. The maximum absolute atomic E-state index is 12.8. The molecule has 3 aromatic carbocycles. The lowest BCUT2D eigenvalue weighted by Gasteiger charge is -2.24. The van der Waals surface area contributed by atoms with Gasteiger partial charge in [-0.1, -0.05) is 72.8 Å². The van der Waals surface area contributed by atoms with Gasteiger partial charge in [0, 0.05) is 18.7 Å². The first-order chi connectivity index (χ1) is 14.7. The zero-order chi connectivity index (χ0) is 20.8. The van der Waals surface area contributed by atoms with Gasteiger partial charge in [-0.3, -0.25) is 9.59 Å². The van der Waals surface area contributed by atoms with Crippen LogP contribution in [0.1, 0.15) is 34.6 Å². The Balaban J connectivity index is 1.33. The van der Waals surface area contributed by atoms with Gasteiger partial charge < -0.3 is 15.4 Å². The van der Waals surface area contributed by atoms with E-state index in [1.54, 1.807) is 0 Å². The predicted molar refractivity (Wildman–Crippen MR) is 116 cm³/mol. The minimum Gasteiger partial charge on any atom is -0.372 e. The maximum Gasteiger partial charge on any atom is 0.228 e. The van der Waals surface area contributed by atoms with Crippen LogP contribution < -0.4 is 10.6 Å². The molecule has 0 spiro atoms. The smallest absolute Gasteiger partial charge is 0.228 e. The van der Waals surface area contributed by atoms with E-state index in [-0.39, 0.29) is 18.2 Å². The minimum atomic E-state index is -0.465. The Morgan fingerprint density at radius 3 is 2.47 bits per heavy atom. The topological polar surface area (TPSA) is 67.4 Å². The second-order valence-electron chi connectivity index (χ2n) is 7.41. The SMILES string of the molecule is O=C1CC(C(=O)NCc2cccc(COCc3ccccc3)c2)c2ccccc2N1. The van der Waals surface area contributed by atoms with Gasteiger partial charge in [0.1, 0.15) is 0 Å². The number of benzene rings is 3. The second-order valence-corrected chi connectivity index (χ2v) is 7.41. The summed E-state index contributed by atoms with van der Waals surface area (Å²) in [6.45, 7) is 1.48. The number of carbonyl (C=O) groups excluding carboxylic acids is 2. The Labute approximate surface area is 176 Å². The van der Waals surface area contributed by atoms with E-state index in [1.807, 2.05) is 78.9 Å². The lowest BCUT2D eigenvalue weighted by atomic mass is 9.90. The van der Waals surface area contributed by atoms with Crippen LogP contribution >= 0.6 is 0 Å². The Kier molecular flexibility index (Phi) is 6.20. The fraction of sp³-hybridized carbons (Fsp3) is 0.200. The third-order valence-electron chi connectivity index (χ3n) is 5.15. The second kappa shape index (κ2) is 9.37. The molecule has 152 valence electrons. The number of amides is 2. The number of nitrogens with one attached hydrogen (secondary N) is 2. The van der Waals surface area contributed by atoms with Crippen molar-refractivity contribution < 1.29 is 14.3 Å². The summed E-state index contributed by atoms with van der Waals surface area (Å²) < 4.78 is 5.80. The molecule has 0 aliphatic carbocycles. The van der Waals surface area contributed by atoms with Crippen molar-refractivity contribution in [3.8, 4) is 0 Å². The third-order valence-corrected chi connectivity index (χ3v) is 5.15. The first kappa shape index (κ1) is 19.9. The first-order valence-corrected chi connectivity index (χ1v) is 10.0. The number of hydrogen-bond donors (Lipinski definition) is 2. The summed E-state index contributed by atoms with van der Waals surface area (Å²) in [5, 5.41) is 5.80. The molecular weight excluding hydrogens is 376 g/mol. The van der Waals surface area contributed by atoms with Crippen molar-refractivity contribution >= 4 is 17.5 Å². The lowest BCUT2D eigenvalue weighted by Crippen LogP contribution is -2.34. The normalized spacial score (nSPS) is 15.2. The number of ether oxygens (including phenoxy) is 1. The molecule has 1 heterocycles. The molecule has 0 bridgehead atoms. The van der Waals surface area contributed by atoms with Crippen LogP contribution in [0.4, 0.5) is 5.69 Å². The Morgan fingerprint density at radius 2 is 1.60 bits per heavy atom. The molecule has 2 N–H and O–H groups in total. The molecule has 1 aliphatic rings. The molecule has 0 aromatic heterocycles. The van der Waals surface area contributed by atoms with E-state index in [4.69, 9.17) is 4.74 Å². The molecule has 3 aromatic rings. The maximum atomic E-state index is 12.8. The number of carbonyl (C=O) groups is 2. The van der Waals surface area contributed by atoms with E-state index >= 15 is 0 Å². The zero-order valence-corrected chi connectivity index (χ0v) is 16.6. The molecule has 0 radical (unpaired) electrons. The van der Waals surface area contributed by atoms with Crippen LogP contribution in [0.3, 0.4) is 0 Å². The largest absolute Gasteiger partial charge is 0.372 e. The molecule has 5 heteroatoms. The summed E-state index contributed by atoms with van der Waals surface area (Å²) >= 11 is 0. The molecule has 1 aliphatic heterocycles. The number of hydrogen-bond acceptors (Lipinski definition) is 3. The van der Waals surface area contributed by atoms with Crippen LogP contribution in [0.15, 0.2) is 78.9 Å². The summed E-state index contributed by atoms with van der Waals surface area (Å²) in [6.07, 6.45) is 0.163. The minimum absolute atomic E-state index is 0.133. The van der Waals surface area contributed by atoms with Gasteiger partial charge in [0.15, 0.2) is 0 Å². The molecule has 0 saturated heterocycles. The van der Waals surface area contributed by atoms with Crippen LogP contribution in [0.25, 0.3) is 0 Å². The monoisotopic (exact) mass is 400 g/mol. The number of para-hydroxylation sites is 1. The van der Waals surface area contributed by atoms with Crippen LogP contribution in [0.2, 0.25) is 0 Å². The van der Waals surface area contributed by atoms with Gasteiger partial charge in [-0.15, -0.1) is 0 Å². The van der Waals surface area contributed by atoms with E-state index in [2.05, 4.69) is 10.6 Å². The predicted octanol–water partition coefficient (Wildman–Crippen LogP) is 4.15. The van der Waals surface area contributed by atoms with Crippen LogP contribution in [0, 0.1) is 0 Å². The molecule has 1 unspecified atom stereocenters. The summed E-state index contributed by atoms with van der Waals surface area (Å²) in [6, 6.07) is 25.5. The van der Waals surface area contributed by atoms with Gasteiger partial charge in [-0.25, -0.2) is 0 Å². The highest BCUT2D eigenvalue weighted by atomic mass is 16.5. The van der Waals surface area contributed by atoms with Crippen molar-refractivity contribution in [1.29, 1.82) is 0 Å². The standard InChI is InChI=1S/C25H24N2O3/c28-24-14-22(21-11-4-5-12-23(21)27-24)25(29)26-15-19-9-6-10-20(13-19)17-30-16-18-7-2-1-3-8-18/h1-13,22H,14-17H2,(H,26,29)(H,27,28). The lowest BCUT2D eigenvalue weighted by molar-refractivity contribution is -0.126. The van der Waals surface area contributed by atoms with Gasteiger partial charge in [0.25, 0.3) is 0 Å². The van der Waals surface area contributed by atoms with Gasteiger partial charge in [0.05, 0.1) is 19.1 Å².